The highest BCUT2D eigenvalue weighted by Gasteiger charge is 2.18. The number of hydrogen-bond acceptors (Lipinski definition) is 1. The molecule has 0 amide bonds. The summed E-state index contributed by atoms with van der Waals surface area (Å²) < 4.78 is 0. The molecule has 0 saturated heterocycles. The van der Waals surface area contributed by atoms with Crippen molar-refractivity contribution in [2.24, 2.45) is 5.92 Å². The molecule has 0 N–H and O–H groups in total. The summed E-state index contributed by atoms with van der Waals surface area (Å²) in [5.41, 5.74) is 2.72. The third kappa shape index (κ3) is 2.03. The van der Waals surface area contributed by atoms with Crippen LogP contribution in [-0.4, -0.2) is 4.98 Å². The van der Waals surface area contributed by atoms with E-state index in [0.717, 1.165) is 11.6 Å². The van der Waals surface area contributed by atoms with E-state index in [4.69, 9.17) is 0 Å². The zero-order chi connectivity index (χ0) is 9.80. The first-order valence-corrected chi connectivity index (χ1v) is 5.51. The third-order valence-electron chi connectivity index (χ3n) is 3.06. The van der Waals surface area contributed by atoms with Gasteiger partial charge in [-0.25, -0.2) is 0 Å². The Hall–Kier alpha value is -1.11. The van der Waals surface area contributed by atoms with Gasteiger partial charge in [-0.15, -0.1) is 0 Å². The molecule has 0 aliphatic heterocycles. The van der Waals surface area contributed by atoms with Crippen molar-refractivity contribution in [3.05, 3.63) is 35.7 Å². The molecular weight excluding hydrogens is 170 g/mol. The number of rotatable bonds is 2. The van der Waals surface area contributed by atoms with Crippen molar-refractivity contribution < 1.29 is 0 Å². The molecule has 0 aromatic carbocycles. The third-order valence-corrected chi connectivity index (χ3v) is 3.06. The van der Waals surface area contributed by atoms with Crippen LogP contribution in [0, 0.1) is 5.92 Å². The van der Waals surface area contributed by atoms with Gasteiger partial charge in [0.1, 0.15) is 0 Å². The van der Waals surface area contributed by atoms with Crippen LogP contribution in [0.4, 0.5) is 0 Å². The van der Waals surface area contributed by atoms with E-state index >= 15 is 0 Å². The van der Waals surface area contributed by atoms with Gasteiger partial charge in [0.2, 0.25) is 0 Å². The summed E-state index contributed by atoms with van der Waals surface area (Å²) >= 11 is 0. The molecule has 74 valence electrons. The molecule has 1 aliphatic carbocycles. The predicted octanol–water partition coefficient (Wildman–Crippen LogP) is 3.68. The number of hydrogen-bond donors (Lipinski definition) is 0. The van der Waals surface area contributed by atoms with Crippen LogP contribution in [0.25, 0.3) is 6.08 Å². The fourth-order valence-corrected chi connectivity index (χ4v) is 2.25. The average molecular weight is 187 g/mol. The zero-order valence-electron chi connectivity index (χ0n) is 8.74. The first kappa shape index (κ1) is 9.45. The lowest BCUT2D eigenvalue weighted by molar-refractivity contribution is 0.608. The van der Waals surface area contributed by atoms with Crippen molar-refractivity contribution >= 4 is 6.08 Å². The Labute approximate surface area is 85.9 Å². The maximum atomic E-state index is 4.33. The van der Waals surface area contributed by atoms with Gasteiger partial charge in [0, 0.05) is 6.20 Å². The van der Waals surface area contributed by atoms with Crippen LogP contribution in [0.3, 0.4) is 0 Å². The quantitative estimate of drug-likeness (QED) is 0.688. The lowest BCUT2D eigenvalue weighted by Crippen LogP contribution is -1.93. The van der Waals surface area contributed by atoms with E-state index in [1.165, 1.54) is 25.7 Å². The SMILES string of the molecule is CC[C@@H]1CCC/C1=C/c1ccccn1. The lowest BCUT2D eigenvalue weighted by atomic mass is 9.99. The van der Waals surface area contributed by atoms with Gasteiger partial charge in [-0.05, 0) is 49.8 Å². The van der Waals surface area contributed by atoms with Crippen molar-refractivity contribution in [2.75, 3.05) is 0 Å². The van der Waals surface area contributed by atoms with Crippen molar-refractivity contribution in [3.8, 4) is 0 Å². The molecule has 1 fully saturated rings. The van der Waals surface area contributed by atoms with Gasteiger partial charge in [0.25, 0.3) is 0 Å². The van der Waals surface area contributed by atoms with E-state index in [2.05, 4.69) is 30.1 Å². The second kappa shape index (κ2) is 4.41. The van der Waals surface area contributed by atoms with Crippen LogP contribution in [0.5, 0.6) is 0 Å². The fraction of sp³-hybridized carbons (Fsp3) is 0.462. The minimum atomic E-state index is 0.817. The lowest BCUT2D eigenvalue weighted by Gasteiger charge is -2.07. The van der Waals surface area contributed by atoms with Crippen LogP contribution in [0.15, 0.2) is 30.0 Å². The number of pyridine rings is 1. The van der Waals surface area contributed by atoms with Crippen LogP contribution >= 0.6 is 0 Å². The summed E-state index contributed by atoms with van der Waals surface area (Å²) in [5.74, 6) is 0.817. The molecule has 0 spiro atoms. The van der Waals surface area contributed by atoms with Crippen LogP contribution in [0.2, 0.25) is 0 Å². The van der Waals surface area contributed by atoms with Gasteiger partial charge in [-0.2, -0.15) is 0 Å². The van der Waals surface area contributed by atoms with Crippen molar-refractivity contribution in [3.63, 3.8) is 0 Å². The molecule has 1 heterocycles. The second-order valence-electron chi connectivity index (χ2n) is 3.97. The topological polar surface area (TPSA) is 12.9 Å². The molecule has 1 aliphatic rings. The minimum absolute atomic E-state index is 0.817. The first-order valence-electron chi connectivity index (χ1n) is 5.51. The Bertz CT molecular complexity index is 313. The van der Waals surface area contributed by atoms with Crippen molar-refractivity contribution in [2.45, 2.75) is 32.6 Å². The molecule has 1 saturated carbocycles. The smallest absolute Gasteiger partial charge is 0.0629 e. The summed E-state index contributed by atoms with van der Waals surface area (Å²) in [7, 11) is 0. The van der Waals surface area contributed by atoms with Gasteiger partial charge in [-0.3, -0.25) is 4.98 Å². The summed E-state index contributed by atoms with van der Waals surface area (Å²) in [6.45, 7) is 2.28. The molecule has 0 bridgehead atoms. The van der Waals surface area contributed by atoms with E-state index in [1.807, 2.05) is 12.3 Å². The second-order valence-corrected chi connectivity index (χ2v) is 3.97. The molecule has 1 atom stereocenters. The monoisotopic (exact) mass is 187 g/mol. The van der Waals surface area contributed by atoms with Crippen LogP contribution < -0.4 is 0 Å². The molecule has 1 heteroatoms. The summed E-state index contributed by atoms with van der Waals surface area (Å²) in [5, 5.41) is 0. The average Bonchev–Trinajstić information content (AvgIpc) is 2.67. The highest BCUT2D eigenvalue weighted by atomic mass is 14.6. The van der Waals surface area contributed by atoms with Gasteiger partial charge in [0.15, 0.2) is 0 Å². The molecule has 14 heavy (non-hydrogen) atoms. The van der Waals surface area contributed by atoms with Gasteiger partial charge in [-0.1, -0.05) is 18.6 Å². The Morgan fingerprint density at radius 1 is 1.50 bits per heavy atom. The normalized spacial score (nSPS) is 24.4. The van der Waals surface area contributed by atoms with Gasteiger partial charge >= 0.3 is 0 Å². The molecule has 2 rings (SSSR count). The highest BCUT2D eigenvalue weighted by Crippen LogP contribution is 2.34. The number of allylic oxidation sites excluding steroid dienone is 1. The van der Waals surface area contributed by atoms with E-state index in [9.17, 15) is 0 Å². The summed E-state index contributed by atoms with van der Waals surface area (Å²) in [6, 6.07) is 6.10. The molecule has 1 aromatic heterocycles. The Kier molecular flexibility index (Phi) is 2.97. The number of aromatic nitrogens is 1. The minimum Gasteiger partial charge on any atom is -0.257 e. The molecule has 0 unspecified atom stereocenters. The number of nitrogens with zero attached hydrogens (tertiary/aromatic N) is 1. The fourth-order valence-electron chi connectivity index (χ4n) is 2.25. The highest BCUT2D eigenvalue weighted by molar-refractivity contribution is 5.49. The maximum absolute atomic E-state index is 4.33. The Morgan fingerprint density at radius 2 is 2.43 bits per heavy atom. The molecule has 1 nitrogen and oxygen atoms in total. The van der Waals surface area contributed by atoms with Crippen LogP contribution in [0.1, 0.15) is 38.3 Å². The van der Waals surface area contributed by atoms with Crippen LogP contribution in [-0.2, 0) is 0 Å². The Morgan fingerprint density at radius 3 is 3.14 bits per heavy atom. The van der Waals surface area contributed by atoms with Crippen molar-refractivity contribution in [1.82, 2.24) is 4.98 Å². The maximum Gasteiger partial charge on any atom is 0.0629 e. The first-order chi connectivity index (χ1) is 6.90. The van der Waals surface area contributed by atoms with Crippen molar-refractivity contribution in [1.29, 1.82) is 0 Å². The summed E-state index contributed by atoms with van der Waals surface area (Å²) in [6.07, 6.45) is 9.42. The predicted molar refractivity (Wildman–Crippen MR) is 59.8 cm³/mol. The standard InChI is InChI=1S/C13H17N/c1-2-11-6-5-7-12(11)10-13-8-3-4-9-14-13/h3-4,8-11H,2,5-7H2,1H3/b12-10-/t11-/m1/s1. The Balaban J connectivity index is 2.18. The van der Waals surface area contributed by atoms with E-state index < -0.39 is 0 Å². The molecular formula is C13H17N. The van der Waals surface area contributed by atoms with E-state index in [1.54, 1.807) is 5.57 Å². The van der Waals surface area contributed by atoms with Gasteiger partial charge in [0.05, 0.1) is 5.69 Å². The molecule has 0 radical (unpaired) electrons. The van der Waals surface area contributed by atoms with Gasteiger partial charge < -0.3 is 0 Å². The largest absolute Gasteiger partial charge is 0.257 e. The molecule has 1 aromatic rings. The van der Waals surface area contributed by atoms with E-state index in [0.29, 0.717) is 0 Å². The summed E-state index contributed by atoms with van der Waals surface area (Å²) in [4.78, 5) is 4.33. The van der Waals surface area contributed by atoms with E-state index in [-0.39, 0.29) is 0 Å². The zero-order valence-corrected chi connectivity index (χ0v) is 8.74.